The van der Waals surface area contributed by atoms with Crippen LogP contribution in [0, 0.1) is 0 Å². The summed E-state index contributed by atoms with van der Waals surface area (Å²) in [6, 6.07) is 0.630. The van der Waals surface area contributed by atoms with Crippen molar-refractivity contribution in [2.75, 3.05) is 33.3 Å². The molecule has 0 bridgehead atoms. The first-order valence-electron chi connectivity index (χ1n) is 7.21. The van der Waals surface area contributed by atoms with Gasteiger partial charge in [-0.15, -0.1) is 0 Å². The quantitative estimate of drug-likeness (QED) is 0.628. The molecule has 1 rings (SSSR count). The Morgan fingerprint density at radius 3 is 2.65 bits per heavy atom. The maximum Gasteiger partial charge on any atom is 0.0710 e. The van der Waals surface area contributed by atoms with E-state index in [9.17, 15) is 0 Å². The normalized spacial score (nSPS) is 21.5. The topological polar surface area (TPSA) is 24.5 Å². The third-order valence-corrected chi connectivity index (χ3v) is 3.52. The molecule has 1 aliphatic rings. The molecule has 1 saturated heterocycles. The highest BCUT2D eigenvalue weighted by Crippen LogP contribution is 2.12. The summed E-state index contributed by atoms with van der Waals surface area (Å²) in [5.74, 6) is 0. The van der Waals surface area contributed by atoms with Crippen LogP contribution in [0.4, 0.5) is 0 Å². The lowest BCUT2D eigenvalue weighted by molar-refractivity contribution is 0.108. The van der Waals surface area contributed by atoms with Crippen molar-refractivity contribution in [3.8, 4) is 0 Å². The summed E-state index contributed by atoms with van der Waals surface area (Å²) in [6.45, 7) is 9.22. The molecule has 0 aromatic rings. The molecule has 1 unspecified atom stereocenters. The molecular weight excluding hydrogens is 212 g/mol. The van der Waals surface area contributed by atoms with Gasteiger partial charge in [-0.2, -0.15) is 0 Å². The van der Waals surface area contributed by atoms with Gasteiger partial charge >= 0.3 is 0 Å². The third-order valence-electron chi connectivity index (χ3n) is 3.52. The Labute approximate surface area is 107 Å². The van der Waals surface area contributed by atoms with Crippen molar-refractivity contribution in [3.63, 3.8) is 0 Å². The van der Waals surface area contributed by atoms with Gasteiger partial charge < -0.3 is 15.0 Å². The van der Waals surface area contributed by atoms with E-state index in [-0.39, 0.29) is 0 Å². The number of hydrogen-bond donors (Lipinski definition) is 1. The van der Waals surface area contributed by atoms with E-state index < -0.39 is 0 Å². The van der Waals surface area contributed by atoms with Crippen LogP contribution in [-0.4, -0.2) is 50.3 Å². The molecule has 1 fully saturated rings. The van der Waals surface area contributed by atoms with E-state index in [1.165, 1.54) is 51.7 Å². The number of hydrogen-bond acceptors (Lipinski definition) is 3. The Morgan fingerprint density at radius 2 is 2.00 bits per heavy atom. The number of methoxy groups -OCH3 is 1. The first-order chi connectivity index (χ1) is 8.22. The summed E-state index contributed by atoms with van der Waals surface area (Å²) in [5.41, 5.74) is 0. The van der Waals surface area contributed by atoms with E-state index in [1.54, 1.807) is 0 Å². The Hall–Kier alpha value is -0.120. The van der Waals surface area contributed by atoms with E-state index in [2.05, 4.69) is 24.1 Å². The highest BCUT2D eigenvalue weighted by atomic mass is 16.5. The van der Waals surface area contributed by atoms with Crippen molar-refractivity contribution in [3.05, 3.63) is 0 Å². The smallest absolute Gasteiger partial charge is 0.0710 e. The van der Waals surface area contributed by atoms with E-state index in [0.29, 0.717) is 12.1 Å². The van der Waals surface area contributed by atoms with E-state index in [1.807, 2.05) is 7.11 Å². The first kappa shape index (κ1) is 14.9. The van der Waals surface area contributed by atoms with E-state index in [0.717, 1.165) is 6.54 Å². The minimum atomic E-state index is 0.491. The summed E-state index contributed by atoms with van der Waals surface area (Å²) in [6.07, 6.45) is 7.10. The monoisotopic (exact) mass is 242 g/mol. The maximum absolute atomic E-state index is 5.37. The Balaban J connectivity index is 1.85. The van der Waals surface area contributed by atoms with Crippen LogP contribution in [0.1, 0.15) is 46.0 Å². The number of likely N-dealkylation sites (tertiary alicyclic amines) is 1. The summed E-state index contributed by atoms with van der Waals surface area (Å²) in [7, 11) is 1.83. The van der Waals surface area contributed by atoms with Crippen LogP contribution in [0.15, 0.2) is 0 Å². The summed E-state index contributed by atoms with van der Waals surface area (Å²) in [5, 5.41) is 3.46. The van der Waals surface area contributed by atoms with Gasteiger partial charge in [-0.05, 0) is 32.4 Å². The minimum absolute atomic E-state index is 0.491. The SMILES string of the molecule is COC1CCN(CCCCCCNC(C)C)C1. The standard InChI is InChI=1S/C14H30N2O/c1-13(2)15-9-6-4-5-7-10-16-11-8-14(12-16)17-3/h13-15H,4-12H2,1-3H3. The van der Waals surface area contributed by atoms with Crippen molar-refractivity contribution in [1.29, 1.82) is 0 Å². The molecular formula is C14H30N2O. The second kappa shape index (κ2) is 8.90. The zero-order valence-corrected chi connectivity index (χ0v) is 11.9. The molecule has 3 nitrogen and oxygen atoms in total. The average molecular weight is 242 g/mol. The summed E-state index contributed by atoms with van der Waals surface area (Å²) >= 11 is 0. The van der Waals surface area contributed by atoms with Crippen molar-refractivity contribution in [2.45, 2.75) is 58.1 Å². The van der Waals surface area contributed by atoms with E-state index >= 15 is 0 Å². The number of nitrogens with zero attached hydrogens (tertiary/aromatic N) is 1. The van der Waals surface area contributed by atoms with Gasteiger partial charge in [0.1, 0.15) is 0 Å². The predicted molar refractivity (Wildman–Crippen MR) is 73.5 cm³/mol. The third kappa shape index (κ3) is 7.02. The Kier molecular flexibility index (Phi) is 7.82. The lowest BCUT2D eigenvalue weighted by Gasteiger charge is -2.15. The molecule has 3 heteroatoms. The summed E-state index contributed by atoms with van der Waals surface area (Å²) < 4.78 is 5.37. The van der Waals surface area contributed by atoms with Crippen molar-refractivity contribution in [1.82, 2.24) is 10.2 Å². The number of rotatable bonds is 9. The fourth-order valence-corrected chi connectivity index (χ4v) is 2.40. The van der Waals surface area contributed by atoms with Gasteiger partial charge in [0.2, 0.25) is 0 Å². The van der Waals surface area contributed by atoms with Crippen LogP contribution in [-0.2, 0) is 4.74 Å². The zero-order valence-electron chi connectivity index (χ0n) is 11.9. The van der Waals surface area contributed by atoms with E-state index in [4.69, 9.17) is 4.74 Å². The molecule has 0 amide bonds. The molecule has 0 saturated carbocycles. The fraction of sp³-hybridized carbons (Fsp3) is 1.00. The van der Waals surface area contributed by atoms with Gasteiger partial charge in [0, 0.05) is 26.2 Å². The molecule has 0 aromatic carbocycles. The molecule has 102 valence electrons. The second-order valence-electron chi connectivity index (χ2n) is 5.47. The van der Waals surface area contributed by atoms with Crippen LogP contribution >= 0.6 is 0 Å². The number of unbranched alkanes of at least 4 members (excludes halogenated alkanes) is 3. The average Bonchev–Trinajstić information content (AvgIpc) is 2.75. The van der Waals surface area contributed by atoms with Crippen LogP contribution in [0.25, 0.3) is 0 Å². The number of nitrogens with one attached hydrogen (secondary N) is 1. The Bertz CT molecular complexity index is 185. The van der Waals surface area contributed by atoms with Gasteiger partial charge in [0.05, 0.1) is 6.10 Å². The van der Waals surface area contributed by atoms with Crippen LogP contribution in [0.2, 0.25) is 0 Å². The van der Waals surface area contributed by atoms with Crippen molar-refractivity contribution < 1.29 is 4.74 Å². The molecule has 1 atom stereocenters. The highest BCUT2D eigenvalue weighted by molar-refractivity contribution is 4.75. The van der Waals surface area contributed by atoms with Crippen LogP contribution in [0.3, 0.4) is 0 Å². The van der Waals surface area contributed by atoms with Crippen molar-refractivity contribution >= 4 is 0 Å². The number of ether oxygens (including phenoxy) is 1. The second-order valence-corrected chi connectivity index (χ2v) is 5.47. The molecule has 0 spiro atoms. The van der Waals surface area contributed by atoms with Crippen LogP contribution in [0.5, 0.6) is 0 Å². The fourth-order valence-electron chi connectivity index (χ4n) is 2.40. The van der Waals surface area contributed by atoms with Gasteiger partial charge in [0.15, 0.2) is 0 Å². The molecule has 0 aliphatic carbocycles. The van der Waals surface area contributed by atoms with Crippen LogP contribution < -0.4 is 5.32 Å². The highest BCUT2D eigenvalue weighted by Gasteiger charge is 2.20. The molecule has 17 heavy (non-hydrogen) atoms. The molecule has 0 radical (unpaired) electrons. The minimum Gasteiger partial charge on any atom is -0.380 e. The summed E-state index contributed by atoms with van der Waals surface area (Å²) in [4.78, 5) is 2.54. The Morgan fingerprint density at radius 1 is 1.24 bits per heavy atom. The lowest BCUT2D eigenvalue weighted by Crippen LogP contribution is -2.24. The molecule has 0 aromatic heterocycles. The van der Waals surface area contributed by atoms with Gasteiger partial charge in [-0.1, -0.05) is 26.7 Å². The largest absolute Gasteiger partial charge is 0.380 e. The molecule has 1 heterocycles. The van der Waals surface area contributed by atoms with Gasteiger partial charge in [-0.25, -0.2) is 0 Å². The lowest BCUT2D eigenvalue weighted by atomic mass is 10.2. The van der Waals surface area contributed by atoms with Crippen molar-refractivity contribution in [2.24, 2.45) is 0 Å². The molecule has 1 N–H and O–H groups in total. The van der Waals surface area contributed by atoms with Gasteiger partial charge in [0.25, 0.3) is 0 Å². The zero-order chi connectivity index (χ0) is 12.5. The molecule has 1 aliphatic heterocycles. The van der Waals surface area contributed by atoms with Gasteiger partial charge in [-0.3, -0.25) is 0 Å². The first-order valence-corrected chi connectivity index (χ1v) is 7.21. The predicted octanol–water partition coefficient (Wildman–Crippen LogP) is 2.27. The maximum atomic E-state index is 5.37.